The van der Waals surface area contributed by atoms with Crippen LogP contribution in [0.4, 0.5) is 5.69 Å². The molecule has 4 saturated carbocycles. The average molecular weight is 341 g/mol. The number of amides is 1. The zero-order chi connectivity index (χ0) is 17.2. The number of nitrogens with zero attached hydrogens (tertiary/aromatic N) is 1. The van der Waals surface area contributed by atoms with Gasteiger partial charge in [-0.25, -0.2) is 0 Å². The van der Waals surface area contributed by atoms with Gasteiger partial charge in [-0.1, -0.05) is 6.07 Å². The molecule has 1 atom stereocenters. The third kappa shape index (κ3) is 2.33. The summed E-state index contributed by atoms with van der Waals surface area (Å²) in [6, 6.07) is 5.72. The summed E-state index contributed by atoms with van der Waals surface area (Å²) in [5.41, 5.74) is 1.58. The highest BCUT2D eigenvalue weighted by atomic mass is 16.5. The zero-order valence-corrected chi connectivity index (χ0v) is 14.9. The van der Waals surface area contributed by atoms with Crippen LogP contribution in [0.5, 0.6) is 5.75 Å². The van der Waals surface area contributed by atoms with E-state index in [0.29, 0.717) is 18.9 Å². The molecule has 1 unspecified atom stereocenters. The van der Waals surface area contributed by atoms with E-state index in [1.54, 1.807) is 7.11 Å². The van der Waals surface area contributed by atoms with Crippen LogP contribution in [0.2, 0.25) is 0 Å². The van der Waals surface area contributed by atoms with Crippen molar-refractivity contribution in [2.75, 3.05) is 18.6 Å². The van der Waals surface area contributed by atoms with Crippen molar-refractivity contribution in [1.29, 1.82) is 0 Å². The fourth-order valence-corrected chi connectivity index (χ4v) is 6.56. The Morgan fingerprint density at radius 2 is 1.80 bits per heavy atom. The molecule has 134 valence electrons. The predicted molar refractivity (Wildman–Crippen MR) is 95.5 cm³/mol. The molecule has 0 spiro atoms. The molecule has 0 aromatic heterocycles. The smallest absolute Gasteiger partial charge is 0.233 e. The quantitative estimate of drug-likeness (QED) is 0.893. The van der Waals surface area contributed by atoms with E-state index in [-0.39, 0.29) is 5.41 Å². The number of ether oxygens (including phenoxy) is 1. The van der Waals surface area contributed by atoms with Gasteiger partial charge < -0.3 is 14.7 Å². The average Bonchev–Trinajstić information content (AvgIpc) is 2.60. The minimum absolute atomic E-state index is 0.141. The molecule has 4 bridgehead atoms. The Balaban J connectivity index is 1.52. The van der Waals surface area contributed by atoms with E-state index in [4.69, 9.17) is 4.74 Å². The van der Waals surface area contributed by atoms with Gasteiger partial charge in [0.2, 0.25) is 5.91 Å². The second-order valence-corrected chi connectivity index (χ2v) is 8.88. The number of fused-ring (bicyclic) bond motifs is 1. The van der Waals surface area contributed by atoms with Crippen molar-refractivity contribution in [1.82, 2.24) is 0 Å². The maximum Gasteiger partial charge on any atom is 0.233 e. The molecule has 4 fully saturated rings. The molecule has 4 heteroatoms. The molecule has 4 aliphatic carbocycles. The van der Waals surface area contributed by atoms with Crippen molar-refractivity contribution >= 4 is 11.6 Å². The molecule has 5 aliphatic rings. The first-order chi connectivity index (χ1) is 12.1. The Morgan fingerprint density at radius 1 is 1.16 bits per heavy atom. The number of benzene rings is 1. The van der Waals surface area contributed by atoms with Crippen LogP contribution in [0.3, 0.4) is 0 Å². The fraction of sp³-hybridized carbons (Fsp3) is 0.667. The molecule has 4 nitrogen and oxygen atoms in total. The summed E-state index contributed by atoms with van der Waals surface area (Å²) in [7, 11) is 1.65. The molecule has 1 heterocycles. The van der Waals surface area contributed by atoms with Crippen LogP contribution in [-0.2, 0) is 4.79 Å². The summed E-state index contributed by atoms with van der Waals surface area (Å²) in [5.74, 6) is 3.34. The number of rotatable bonds is 2. The second-order valence-electron chi connectivity index (χ2n) is 8.88. The van der Waals surface area contributed by atoms with Crippen molar-refractivity contribution in [3.05, 3.63) is 23.8 Å². The van der Waals surface area contributed by atoms with Crippen LogP contribution >= 0.6 is 0 Å². The van der Waals surface area contributed by atoms with E-state index in [1.807, 2.05) is 23.1 Å². The van der Waals surface area contributed by atoms with E-state index in [1.165, 1.54) is 19.3 Å². The van der Waals surface area contributed by atoms with Gasteiger partial charge in [-0.3, -0.25) is 4.79 Å². The molecule has 6 rings (SSSR count). The Bertz CT molecular complexity index is 678. The monoisotopic (exact) mass is 341 g/mol. The Hall–Kier alpha value is -1.55. The van der Waals surface area contributed by atoms with Gasteiger partial charge in [-0.15, -0.1) is 0 Å². The molecule has 1 amide bonds. The summed E-state index contributed by atoms with van der Waals surface area (Å²) in [5, 5.41) is 10.4. The van der Waals surface area contributed by atoms with E-state index in [9.17, 15) is 9.90 Å². The maximum absolute atomic E-state index is 13.7. The molecular weight excluding hydrogens is 314 g/mol. The summed E-state index contributed by atoms with van der Waals surface area (Å²) >= 11 is 0. The van der Waals surface area contributed by atoms with E-state index < -0.39 is 6.10 Å². The summed E-state index contributed by atoms with van der Waals surface area (Å²) in [6.45, 7) is 0.613. The third-order valence-electron chi connectivity index (χ3n) is 7.25. The third-order valence-corrected chi connectivity index (χ3v) is 7.25. The van der Waals surface area contributed by atoms with Crippen LogP contribution in [-0.4, -0.2) is 24.7 Å². The Morgan fingerprint density at radius 3 is 2.40 bits per heavy atom. The largest absolute Gasteiger partial charge is 0.497 e. The summed E-state index contributed by atoms with van der Waals surface area (Å²) < 4.78 is 5.37. The lowest BCUT2D eigenvalue weighted by atomic mass is 9.49. The Kier molecular flexibility index (Phi) is 3.43. The first-order valence-corrected chi connectivity index (χ1v) is 9.76. The van der Waals surface area contributed by atoms with Crippen molar-refractivity contribution in [3.8, 4) is 5.75 Å². The lowest BCUT2D eigenvalue weighted by molar-refractivity contribution is -0.143. The number of hydrogen-bond acceptors (Lipinski definition) is 3. The molecule has 0 radical (unpaired) electrons. The molecule has 0 saturated heterocycles. The van der Waals surface area contributed by atoms with Crippen LogP contribution in [0.1, 0.15) is 56.6 Å². The van der Waals surface area contributed by atoms with Gasteiger partial charge in [-0.05, 0) is 68.8 Å². The molecule has 25 heavy (non-hydrogen) atoms. The Labute approximate surface area is 149 Å². The number of hydrogen-bond donors (Lipinski definition) is 1. The van der Waals surface area contributed by atoms with Crippen molar-refractivity contribution in [2.24, 2.45) is 23.2 Å². The van der Waals surface area contributed by atoms with Gasteiger partial charge in [-0.2, -0.15) is 0 Å². The van der Waals surface area contributed by atoms with Gasteiger partial charge in [0.05, 0.1) is 24.3 Å². The number of aliphatic hydroxyl groups excluding tert-OH is 1. The second kappa shape index (κ2) is 5.47. The normalized spacial score (nSPS) is 38.6. The van der Waals surface area contributed by atoms with E-state index in [0.717, 1.165) is 54.0 Å². The first kappa shape index (κ1) is 15.7. The lowest BCUT2D eigenvalue weighted by Crippen LogP contribution is -2.55. The molecule has 1 aliphatic heterocycles. The highest BCUT2D eigenvalue weighted by molar-refractivity contribution is 5.99. The highest BCUT2D eigenvalue weighted by Crippen LogP contribution is 2.61. The van der Waals surface area contributed by atoms with Crippen LogP contribution < -0.4 is 9.64 Å². The highest BCUT2D eigenvalue weighted by Gasteiger charge is 2.56. The van der Waals surface area contributed by atoms with Crippen LogP contribution in [0, 0.1) is 23.2 Å². The zero-order valence-electron chi connectivity index (χ0n) is 14.9. The maximum atomic E-state index is 13.7. The van der Waals surface area contributed by atoms with E-state index in [2.05, 4.69) is 0 Å². The molecular formula is C21H27NO3. The standard InChI is InChI=1S/C21H27NO3/c1-25-16-2-3-17-18(9-16)22(5-4-19(17)23)20(24)21-10-13-6-14(11-21)8-15(7-13)12-21/h2-3,9,13-15,19,23H,4-8,10-12H2,1H3. The van der Waals surface area contributed by atoms with Crippen molar-refractivity contribution in [3.63, 3.8) is 0 Å². The van der Waals surface area contributed by atoms with Gasteiger partial charge in [0.25, 0.3) is 0 Å². The van der Waals surface area contributed by atoms with E-state index >= 15 is 0 Å². The van der Waals surface area contributed by atoms with Crippen LogP contribution in [0.25, 0.3) is 0 Å². The number of carbonyl (C=O) groups excluding carboxylic acids is 1. The van der Waals surface area contributed by atoms with Crippen molar-refractivity contribution in [2.45, 2.75) is 51.0 Å². The van der Waals surface area contributed by atoms with Gasteiger partial charge in [0.1, 0.15) is 5.75 Å². The van der Waals surface area contributed by atoms with Gasteiger partial charge in [0.15, 0.2) is 0 Å². The lowest BCUT2D eigenvalue weighted by Gasteiger charge is -2.57. The fourth-order valence-electron chi connectivity index (χ4n) is 6.56. The number of methoxy groups -OCH3 is 1. The predicted octanol–water partition coefficient (Wildman–Crippen LogP) is 3.68. The minimum atomic E-state index is -0.485. The minimum Gasteiger partial charge on any atom is -0.497 e. The molecule has 1 N–H and O–H groups in total. The van der Waals surface area contributed by atoms with Gasteiger partial charge >= 0.3 is 0 Å². The van der Waals surface area contributed by atoms with Crippen molar-refractivity contribution < 1.29 is 14.6 Å². The van der Waals surface area contributed by atoms with Crippen LogP contribution in [0.15, 0.2) is 18.2 Å². The molecule has 1 aromatic carbocycles. The molecule has 1 aromatic rings. The number of anilines is 1. The van der Waals surface area contributed by atoms with Gasteiger partial charge in [0, 0.05) is 18.2 Å². The number of aliphatic hydroxyl groups is 1. The number of carbonyl (C=O) groups is 1. The summed E-state index contributed by atoms with van der Waals surface area (Å²) in [4.78, 5) is 15.7. The SMILES string of the molecule is COc1ccc2c(c1)N(C(=O)C13CC4CC(CC(C4)C1)C3)CCC2O. The first-order valence-electron chi connectivity index (χ1n) is 9.76. The summed E-state index contributed by atoms with van der Waals surface area (Å²) in [6.07, 6.45) is 7.40. The topological polar surface area (TPSA) is 49.8 Å².